The Morgan fingerprint density at radius 1 is 1.05 bits per heavy atom. The first-order valence-corrected chi connectivity index (χ1v) is 15.5. The molecule has 1 fully saturated rings. The van der Waals surface area contributed by atoms with Crippen LogP contribution in [0.2, 0.25) is 0 Å². The number of Topliss-reactive ketones (excluding diaryl/α,β-unsaturated/α-hetero) is 1. The minimum atomic E-state index is -3.54. The van der Waals surface area contributed by atoms with Gasteiger partial charge in [0.1, 0.15) is 23.1 Å². The summed E-state index contributed by atoms with van der Waals surface area (Å²) >= 11 is 0. The van der Waals surface area contributed by atoms with Crippen molar-refractivity contribution in [3.8, 4) is 5.69 Å². The van der Waals surface area contributed by atoms with Gasteiger partial charge in [-0.3, -0.25) is 9.78 Å². The maximum Gasteiger partial charge on any atom is 0.252 e. The molecule has 1 saturated carbocycles. The van der Waals surface area contributed by atoms with Crippen LogP contribution in [0.1, 0.15) is 41.0 Å². The molecule has 12 heteroatoms. The van der Waals surface area contributed by atoms with Gasteiger partial charge in [-0.05, 0) is 97.8 Å². The Balaban J connectivity index is 1.45. The normalized spacial score (nSPS) is 21.0. The first kappa shape index (κ1) is 29.9. The summed E-state index contributed by atoms with van der Waals surface area (Å²) in [5.41, 5.74) is 1.15. The van der Waals surface area contributed by atoms with Crippen LogP contribution in [-0.4, -0.2) is 53.9 Å². The summed E-state index contributed by atoms with van der Waals surface area (Å²) in [4.78, 5) is 18.6. The molecule has 2 aliphatic rings. The van der Waals surface area contributed by atoms with Crippen molar-refractivity contribution in [3.63, 3.8) is 0 Å². The second-order valence-electron chi connectivity index (χ2n) is 11.0. The fraction of sp³-hybridized carbons (Fsp3) is 0.250. The van der Waals surface area contributed by atoms with E-state index in [1.165, 1.54) is 30.5 Å². The summed E-state index contributed by atoms with van der Waals surface area (Å²) < 4.78 is 86.5. The number of benzene rings is 2. The molecule has 3 atom stereocenters. The lowest BCUT2D eigenvalue weighted by atomic mass is 9.60. The molecule has 6 rings (SSSR count). The Labute approximate surface area is 251 Å². The summed E-state index contributed by atoms with van der Waals surface area (Å²) in [6.45, 7) is -0.889. The van der Waals surface area contributed by atoms with Gasteiger partial charge in [-0.15, -0.1) is 0 Å². The number of fused-ring (bicyclic) bond motifs is 2. The number of hydrogen-bond donors (Lipinski definition) is 0. The molecule has 44 heavy (non-hydrogen) atoms. The van der Waals surface area contributed by atoms with E-state index in [-0.39, 0.29) is 36.3 Å². The van der Waals surface area contributed by atoms with Gasteiger partial charge in [0.2, 0.25) is 0 Å². The number of ketones is 1. The van der Waals surface area contributed by atoms with Gasteiger partial charge in [0.15, 0.2) is 5.78 Å². The van der Waals surface area contributed by atoms with Crippen LogP contribution in [-0.2, 0) is 16.1 Å². The van der Waals surface area contributed by atoms with E-state index in [1.807, 2.05) is 6.08 Å². The zero-order valence-corrected chi connectivity index (χ0v) is 24.1. The molecule has 2 aliphatic carbocycles. The molecule has 0 amide bonds. The lowest BCUT2D eigenvalue weighted by Crippen LogP contribution is -2.51. The number of hydrogen-bond acceptors (Lipinski definition) is 4. The van der Waals surface area contributed by atoms with E-state index in [1.54, 1.807) is 23.0 Å². The number of halogens is 5. The molecule has 1 unspecified atom stereocenters. The van der Waals surface area contributed by atoms with Crippen LogP contribution in [0.4, 0.5) is 22.0 Å². The minimum absolute atomic E-state index is 0.0303. The standard InChI is InChI=1S/C32H27F5N4O2S/c1-44(43,27-10-5-23(34)6-11-27)40(19-30(36)37)26-7-2-21-14-29-20(18-39-41(29)25-8-3-22(33)4-9-25)16-32(21,17-26)31(42)28-15-24(35)12-13-38-28/h3-6,8-15,18,26,30H,1-2,7,16-17,19H2/t26-,32-,44?/m0/s1. The van der Waals surface area contributed by atoms with E-state index < -0.39 is 57.4 Å². The Morgan fingerprint density at radius 3 is 2.39 bits per heavy atom. The Morgan fingerprint density at radius 2 is 1.73 bits per heavy atom. The lowest BCUT2D eigenvalue weighted by Gasteiger charge is -2.47. The van der Waals surface area contributed by atoms with E-state index in [0.29, 0.717) is 22.5 Å². The fourth-order valence-corrected chi connectivity index (χ4v) is 8.17. The molecule has 0 bridgehead atoms. The van der Waals surface area contributed by atoms with Crippen LogP contribution in [0, 0.1) is 22.9 Å². The summed E-state index contributed by atoms with van der Waals surface area (Å²) in [5.74, 6) is 1.67. The van der Waals surface area contributed by atoms with Crippen molar-refractivity contribution in [1.82, 2.24) is 19.1 Å². The van der Waals surface area contributed by atoms with Crippen molar-refractivity contribution in [2.45, 2.75) is 43.0 Å². The third kappa shape index (κ3) is 5.36. The van der Waals surface area contributed by atoms with E-state index in [0.717, 1.165) is 28.6 Å². The van der Waals surface area contributed by atoms with Crippen LogP contribution >= 0.6 is 0 Å². The molecule has 0 N–H and O–H groups in total. The SMILES string of the molecule is C=S(=O)(c1ccc(F)cc1)N(CC(F)F)[C@H]1CCC2=Cc3c(cnn3-c3ccc(F)cc3)C[C@]2(C(=O)c2cc(F)ccn2)C1. The first-order chi connectivity index (χ1) is 21.0. The highest BCUT2D eigenvalue weighted by Gasteiger charge is 2.51. The second-order valence-corrected chi connectivity index (χ2v) is 13.3. The van der Waals surface area contributed by atoms with Gasteiger partial charge in [-0.2, -0.15) is 5.10 Å². The van der Waals surface area contributed by atoms with Crippen LogP contribution in [0.25, 0.3) is 11.8 Å². The quantitative estimate of drug-likeness (QED) is 0.131. The van der Waals surface area contributed by atoms with Gasteiger partial charge in [0.25, 0.3) is 6.43 Å². The molecule has 228 valence electrons. The number of alkyl halides is 2. The van der Waals surface area contributed by atoms with Crippen LogP contribution in [0.3, 0.4) is 0 Å². The summed E-state index contributed by atoms with van der Waals surface area (Å²) in [7, 11) is -3.54. The Hall–Kier alpha value is -4.16. The van der Waals surface area contributed by atoms with Gasteiger partial charge in [-0.1, -0.05) is 5.57 Å². The smallest absolute Gasteiger partial charge is 0.252 e. The van der Waals surface area contributed by atoms with Gasteiger partial charge in [0.05, 0.1) is 39.2 Å². The number of carbonyl (C=O) groups excluding carboxylic acids is 1. The number of pyridine rings is 1. The van der Waals surface area contributed by atoms with Crippen molar-refractivity contribution in [3.05, 3.63) is 113 Å². The largest absolute Gasteiger partial charge is 0.291 e. The molecule has 2 heterocycles. The average molecular weight is 627 g/mol. The topological polar surface area (TPSA) is 68.1 Å². The molecule has 0 saturated heterocycles. The molecule has 0 aliphatic heterocycles. The second kappa shape index (κ2) is 11.4. The molecule has 0 radical (unpaired) electrons. The highest BCUT2D eigenvalue weighted by molar-refractivity contribution is 7.98. The fourth-order valence-electron chi connectivity index (χ4n) is 6.32. The number of rotatable bonds is 8. The lowest BCUT2D eigenvalue weighted by molar-refractivity contribution is 0.0666. The highest BCUT2D eigenvalue weighted by atomic mass is 32.2. The number of nitrogens with zero attached hydrogens (tertiary/aromatic N) is 4. The molecule has 4 aromatic rings. The van der Waals surface area contributed by atoms with Gasteiger partial charge < -0.3 is 0 Å². The van der Waals surface area contributed by atoms with Crippen molar-refractivity contribution < 1.29 is 31.0 Å². The molecule has 2 aromatic carbocycles. The number of aromatic nitrogens is 3. The number of carbonyl (C=O) groups is 1. The Bertz CT molecular complexity index is 1860. The predicted octanol–water partition coefficient (Wildman–Crippen LogP) is 6.30. The van der Waals surface area contributed by atoms with Gasteiger partial charge >= 0.3 is 0 Å². The third-order valence-electron chi connectivity index (χ3n) is 8.38. The summed E-state index contributed by atoms with van der Waals surface area (Å²) in [6, 6.07) is 11.8. The number of allylic oxidation sites excluding steroid dienone is 1. The molecular weight excluding hydrogens is 599 g/mol. The third-order valence-corrected chi connectivity index (χ3v) is 10.6. The molecule has 6 nitrogen and oxygen atoms in total. The average Bonchev–Trinajstić information content (AvgIpc) is 3.40. The first-order valence-electron chi connectivity index (χ1n) is 13.9. The monoisotopic (exact) mass is 626 g/mol. The minimum Gasteiger partial charge on any atom is -0.291 e. The van der Waals surface area contributed by atoms with E-state index in [9.17, 15) is 31.0 Å². The summed E-state index contributed by atoms with van der Waals surface area (Å²) in [5, 5.41) is 4.48. The van der Waals surface area contributed by atoms with Crippen molar-refractivity contribution in [2.75, 3.05) is 6.54 Å². The maximum atomic E-state index is 14.3. The maximum absolute atomic E-state index is 14.3. The van der Waals surface area contributed by atoms with Crippen LogP contribution < -0.4 is 0 Å². The van der Waals surface area contributed by atoms with Crippen molar-refractivity contribution in [2.24, 2.45) is 5.41 Å². The van der Waals surface area contributed by atoms with Crippen molar-refractivity contribution in [1.29, 1.82) is 0 Å². The molecule has 2 aromatic heterocycles. The predicted molar refractivity (Wildman–Crippen MR) is 156 cm³/mol. The molecule has 0 spiro atoms. The zero-order valence-electron chi connectivity index (χ0n) is 23.3. The summed E-state index contributed by atoms with van der Waals surface area (Å²) in [6.07, 6.45) is 2.31. The molecular formula is C32H27F5N4O2S. The van der Waals surface area contributed by atoms with E-state index in [2.05, 4.69) is 16.0 Å². The van der Waals surface area contributed by atoms with Crippen LogP contribution in [0.15, 0.2) is 83.5 Å². The van der Waals surface area contributed by atoms with E-state index in [4.69, 9.17) is 0 Å². The highest BCUT2D eigenvalue weighted by Crippen LogP contribution is 2.51. The zero-order chi connectivity index (χ0) is 31.2. The van der Waals surface area contributed by atoms with Gasteiger partial charge in [-0.25, -0.2) is 35.1 Å². The Kier molecular flexibility index (Phi) is 7.75. The van der Waals surface area contributed by atoms with Gasteiger partial charge in [0, 0.05) is 23.2 Å². The van der Waals surface area contributed by atoms with E-state index >= 15 is 0 Å². The van der Waals surface area contributed by atoms with Crippen LogP contribution in [0.5, 0.6) is 0 Å². The van der Waals surface area contributed by atoms with Crippen molar-refractivity contribution >= 4 is 27.4 Å².